The van der Waals surface area contributed by atoms with Gasteiger partial charge in [-0.15, -0.1) is 6.58 Å². The number of para-hydroxylation sites is 1. The van der Waals surface area contributed by atoms with Crippen LogP contribution < -0.4 is 14.9 Å². The number of nitrogens with zero attached hydrogens (tertiary/aromatic N) is 1. The van der Waals surface area contributed by atoms with E-state index >= 15 is 0 Å². The van der Waals surface area contributed by atoms with E-state index < -0.39 is 5.91 Å². The van der Waals surface area contributed by atoms with E-state index in [0.29, 0.717) is 39.1 Å². The molecule has 4 rings (SSSR count). The maximum atomic E-state index is 12.4. The van der Waals surface area contributed by atoms with Crippen molar-refractivity contribution >= 4 is 46.3 Å². The molecule has 6 nitrogen and oxygen atoms in total. The molecular formula is C27H22Cl2N2O4. The fraction of sp³-hybridized carbons (Fsp3) is 0.111. The highest BCUT2D eigenvalue weighted by Crippen LogP contribution is 2.34. The van der Waals surface area contributed by atoms with Crippen LogP contribution in [0.5, 0.6) is 11.5 Å². The molecule has 3 aromatic carbocycles. The SMILES string of the molecule is C=CCc1cc(/C=N/NC(=O)c2cc3ccccc3o2)cc(OC)c1OCc1ccc(Cl)cc1Cl. The molecule has 1 heterocycles. The van der Waals surface area contributed by atoms with Crippen LogP contribution in [0.15, 0.2) is 82.8 Å². The molecule has 4 aromatic rings. The zero-order valence-corrected chi connectivity index (χ0v) is 20.4. The van der Waals surface area contributed by atoms with Gasteiger partial charge in [-0.25, -0.2) is 5.43 Å². The number of hydrazone groups is 1. The van der Waals surface area contributed by atoms with Crippen LogP contribution in [0.3, 0.4) is 0 Å². The Kier molecular flexibility index (Phi) is 7.75. The second-order valence-electron chi connectivity index (χ2n) is 7.58. The minimum atomic E-state index is -0.449. The van der Waals surface area contributed by atoms with Crippen molar-refractivity contribution in [2.75, 3.05) is 7.11 Å². The molecule has 0 radical (unpaired) electrons. The number of rotatable bonds is 9. The normalized spacial score (nSPS) is 11.1. The van der Waals surface area contributed by atoms with Crippen molar-refractivity contribution in [3.8, 4) is 11.5 Å². The van der Waals surface area contributed by atoms with Gasteiger partial charge in [-0.3, -0.25) is 4.79 Å². The van der Waals surface area contributed by atoms with E-state index in [1.165, 1.54) is 6.21 Å². The van der Waals surface area contributed by atoms with E-state index in [9.17, 15) is 4.79 Å². The van der Waals surface area contributed by atoms with Gasteiger partial charge in [-0.1, -0.05) is 53.5 Å². The molecule has 1 aromatic heterocycles. The molecule has 0 aliphatic rings. The molecule has 8 heteroatoms. The number of furan rings is 1. The number of methoxy groups -OCH3 is 1. The summed E-state index contributed by atoms with van der Waals surface area (Å²) in [6, 6.07) is 18.0. The van der Waals surface area contributed by atoms with Crippen LogP contribution in [0, 0.1) is 0 Å². The average Bonchev–Trinajstić information content (AvgIpc) is 3.29. The number of carbonyl (C=O) groups is 1. The number of allylic oxidation sites excluding steroid dienone is 1. The van der Waals surface area contributed by atoms with E-state index in [2.05, 4.69) is 17.1 Å². The molecule has 0 atom stereocenters. The lowest BCUT2D eigenvalue weighted by Gasteiger charge is -2.16. The predicted octanol–water partition coefficient (Wildman–Crippen LogP) is 6.82. The number of halogens is 2. The Morgan fingerprint density at radius 3 is 2.69 bits per heavy atom. The summed E-state index contributed by atoms with van der Waals surface area (Å²) in [5.74, 6) is 0.815. The summed E-state index contributed by atoms with van der Waals surface area (Å²) in [6.45, 7) is 4.06. The van der Waals surface area contributed by atoms with E-state index in [1.807, 2.05) is 30.3 Å². The Morgan fingerprint density at radius 2 is 1.94 bits per heavy atom. The number of carbonyl (C=O) groups excluding carboxylic acids is 1. The van der Waals surface area contributed by atoms with Crippen LogP contribution in [0.4, 0.5) is 0 Å². The van der Waals surface area contributed by atoms with Crippen molar-refractivity contribution in [2.45, 2.75) is 13.0 Å². The fourth-order valence-corrected chi connectivity index (χ4v) is 3.95. The number of hydrogen-bond donors (Lipinski definition) is 1. The molecule has 0 bridgehead atoms. The van der Waals surface area contributed by atoms with E-state index in [-0.39, 0.29) is 12.4 Å². The van der Waals surface area contributed by atoms with Gasteiger partial charge in [0, 0.05) is 26.6 Å². The monoisotopic (exact) mass is 508 g/mol. The number of ether oxygens (including phenoxy) is 2. The van der Waals surface area contributed by atoms with Crippen molar-refractivity contribution in [1.82, 2.24) is 5.43 Å². The van der Waals surface area contributed by atoms with Crippen molar-refractivity contribution < 1.29 is 18.7 Å². The molecule has 1 amide bonds. The summed E-state index contributed by atoms with van der Waals surface area (Å²) >= 11 is 12.3. The van der Waals surface area contributed by atoms with E-state index in [0.717, 1.165) is 16.5 Å². The summed E-state index contributed by atoms with van der Waals surface area (Å²) < 4.78 is 17.2. The molecule has 0 spiro atoms. The van der Waals surface area contributed by atoms with Crippen LogP contribution in [0.1, 0.15) is 27.2 Å². The quantitative estimate of drug-likeness (QED) is 0.153. The largest absolute Gasteiger partial charge is 0.493 e. The topological polar surface area (TPSA) is 73.1 Å². The van der Waals surface area contributed by atoms with Crippen LogP contribution in [0.2, 0.25) is 10.0 Å². The Morgan fingerprint density at radius 1 is 1.11 bits per heavy atom. The van der Waals surface area contributed by atoms with Gasteiger partial charge in [-0.2, -0.15) is 5.10 Å². The minimum absolute atomic E-state index is 0.179. The molecule has 178 valence electrons. The third-order valence-corrected chi connectivity index (χ3v) is 5.74. The maximum absolute atomic E-state index is 12.4. The van der Waals surface area contributed by atoms with Crippen molar-refractivity contribution in [1.29, 1.82) is 0 Å². The predicted molar refractivity (Wildman–Crippen MR) is 139 cm³/mol. The van der Waals surface area contributed by atoms with E-state index in [1.54, 1.807) is 43.5 Å². The summed E-state index contributed by atoms with van der Waals surface area (Å²) in [5.41, 5.74) is 5.47. The molecule has 0 unspecified atom stereocenters. The van der Waals surface area contributed by atoms with Crippen molar-refractivity contribution in [3.63, 3.8) is 0 Å². The van der Waals surface area contributed by atoms with Gasteiger partial charge >= 0.3 is 5.91 Å². The Bertz CT molecular complexity index is 1380. The second-order valence-corrected chi connectivity index (χ2v) is 8.42. The third kappa shape index (κ3) is 5.85. The molecule has 0 saturated heterocycles. The molecule has 0 aliphatic carbocycles. The summed E-state index contributed by atoms with van der Waals surface area (Å²) in [5, 5.41) is 5.99. The zero-order chi connectivity index (χ0) is 24.8. The van der Waals surface area contributed by atoms with Crippen LogP contribution in [-0.4, -0.2) is 19.2 Å². The average molecular weight is 509 g/mol. The Balaban J connectivity index is 1.51. The van der Waals surface area contributed by atoms with Gasteiger partial charge in [0.2, 0.25) is 0 Å². The Labute approximate surface area is 212 Å². The number of benzene rings is 3. The number of fused-ring (bicyclic) bond motifs is 1. The van der Waals surface area contributed by atoms with Crippen LogP contribution in [0.25, 0.3) is 11.0 Å². The highest BCUT2D eigenvalue weighted by atomic mass is 35.5. The van der Waals surface area contributed by atoms with Gasteiger partial charge in [0.25, 0.3) is 0 Å². The lowest BCUT2D eigenvalue weighted by atomic mass is 10.1. The number of hydrogen-bond acceptors (Lipinski definition) is 5. The molecule has 0 saturated carbocycles. The highest BCUT2D eigenvalue weighted by molar-refractivity contribution is 6.35. The summed E-state index contributed by atoms with van der Waals surface area (Å²) in [4.78, 5) is 12.4. The Hall–Kier alpha value is -3.74. The third-order valence-electron chi connectivity index (χ3n) is 5.15. The first-order chi connectivity index (χ1) is 17.0. The first kappa shape index (κ1) is 24.4. The summed E-state index contributed by atoms with van der Waals surface area (Å²) in [7, 11) is 1.55. The number of nitrogens with one attached hydrogen (secondary N) is 1. The van der Waals surface area contributed by atoms with Crippen molar-refractivity contribution in [3.05, 3.63) is 106 Å². The van der Waals surface area contributed by atoms with Gasteiger partial charge in [-0.05, 0) is 48.4 Å². The van der Waals surface area contributed by atoms with Gasteiger partial charge < -0.3 is 13.9 Å². The molecular weight excluding hydrogens is 487 g/mol. The van der Waals surface area contributed by atoms with E-state index in [4.69, 9.17) is 37.1 Å². The molecule has 0 aliphatic heterocycles. The first-order valence-corrected chi connectivity index (χ1v) is 11.4. The fourth-order valence-electron chi connectivity index (χ4n) is 3.48. The number of amides is 1. The second kappa shape index (κ2) is 11.1. The smallest absolute Gasteiger partial charge is 0.307 e. The molecule has 1 N–H and O–H groups in total. The minimum Gasteiger partial charge on any atom is -0.493 e. The standard InChI is InChI=1S/C27H22Cl2N2O4/c1-3-6-19-11-17(15-30-31-27(32)25-13-18-7-4-5-8-23(18)35-25)12-24(33-2)26(19)34-16-20-9-10-21(28)14-22(20)29/h3-5,7-15H,1,6,16H2,2H3,(H,31,32)/b30-15+. The van der Waals surface area contributed by atoms with Crippen LogP contribution >= 0.6 is 23.2 Å². The zero-order valence-electron chi connectivity index (χ0n) is 18.9. The first-order valence-electron chi connectivity index (χ1n) is 10.7. The molecule has 35 heavy (non-hydrogen) atoms. The van der Waals surface area contributed by atoms with Gasteiger partial charge in [0.1, 0.15) is 12.2 Å². The lowest BCUT2D eigenvalue weighted by molar-refractivity contribution is 0.0929. The lowest BCUT2D eigenvalue weighted by Crippen LogP contribution is -2.16. The highest BCUT2D eigenvalue weighted by Gasteiger charge is 2.14. The van der Waals surface area contributed by atoms with Gasteiger partial charge in [0.15, 0.2) is 17.3 Å². The maximum Gasteiger partial charge on any atom is 0.307 e. The summed E-state index contributed by atoms with van der Waals surface area (Å²) in [6.07, 6.45) is 3.82. The van der Waals surface area contributed by atoms with Crippen molar-refractivity contribution in [2.24, 2.45) is 5.10 Å². The molecule has 0 fully saturated rings. The van der Waals surface area contributed by atoms with Gasteiger partial charge in [0.05, 0.1) is 13.3 Å². The van der Waals surface area contributed by atoms with Crippen LogP contribution in [-0.2, 0) is 13.0 Å².